The predicted molar refractivity (Wildman–Crippen MR) is 69.6 cm³/mol. The van der Waals surface area contributed by atoms with Crippen LogP contribution in [0.15, 0.2) is 42.7 Å². The van der Waals surface area contributed by atoms with Gasteiger partial charge in [-0.2, -0.15) is 0 Å². The fourth-order valence-corrected chi connectivity index (χ4v) is 1.77. The van der Waals surface area contributed by atoms with E-state index < -0.39 is 0 Å². The maximum absolute atomic E-state index is 6.04. The van der Waals surface area contributed by atoms with E-state index in [-0.39, 0.29) is 0 Å². The van der Waals surface area contributed by atoms with Gasteiger partial charge in [-0.1, -0.05) is 47.5 Å². The number of aromatic nitrogens is 1. The van der Waals surface area contributed by atoms with Crippen LogP contribution in [0, 0.1) is 0 Å². The van der Waals surface area contributed by atoms with Crippen molar-refractivity contribution < 1.29 is 0 Å². The highest BCUT2D eigenvalue weighted by molar-refractivity contribution is 6.35. The second-order valence-electron chi connectivity index (χ2n) is 3.29. The monoisotopic (exact) mass is 249 g/mol. The molecule has 0 unspecified atom stereocenters. The van der Waals surface area contributed by atoms with Gasteiger partial charge in [0.05, 0.1) is 0 Å². The van der Waals surface area contributed by atoms with Crippen molar-refractivity contribution in [1.29, 1.82) is 0 Å². The van der Waals surface area contributed by atoms with E-state index in [1.165, 1.54) is 0 Å². The molecule has 0 aliphatic heterocycles. The zero-order chi connectivity index (χ0) is 11.4. The number of hydrogen-bond donors (Lipinski definition) is 0. The lowest BCUT2D eigenvalue weighted by molar-refractivity contribution is 1.32. The molecule has 1 nitrogen and oxygen atoms in total. The van der Waals surface area contributed by atoms with Gasteiger partial charge < -0.3 is 0 Å². The van der Waals surface area contributed by atoms with Gasteiger partial charge in [0, 0.05) is 22.4 Å². The molecule has 0 spiro atoms. The Morgan fingerprint density at radius 1 is 1.06 bits per heavy atom. The van der Waals surface area contributed by atoms with Gasteiger partial charge in [-0.15, -0.1) is 0 Å². The number of nitrogens with zero attached hydrogens (tertiary/aromatic N) is 1. The third kappa shape index (κ3) is 2.84. The highest BCUT2D eigenvalue weighted by Gasteiger charge is 1.96. The molecule has 0 radical (unpaired) electrons. The van der Waals surface area contributed by atoms with E-state index in [4.69, 9.17) is 23.2 Å². The van der Waals surface area contributed by atoms with E-state index in [1.807, 2.05) is 36.4 Å². The number of pyridine rings is 1. The standard InChI is InChI=1S/C13H9Cl2N/c14-12-6-5-11(13(15)8-12)4-3-10-2-1-7-16-9-10/h1-9H. The summed E-state index contributed by atoms with van der Waals surface area (Å²) in [7, 11) is 0. The summed E-state index contributed by atoms with van der Waals surface area (Å²) in [6.07, 6.45) is 7.44. The van der Waals surface area contributed by atoms with E-state index in [0.717, 1.165) is 11.1 Å². The van der Waals surface area contributed by atoms with Crippen molar-refractivity contribution in [2.24, 2.45) is 0 Å². The Bertz CT molecular complexity index is 507. The minimum Gasteiger partial charge on any atom is -0.264 e. The van der Waals surface area contributed by atoms with Crippen LogP contribution in [0.4, 0.5) is 0 Å². The fraction of sp³-hybridized carbons (Fsp3) is 0. The molecule has 80 valence electrons. The van der Waals surface area contributed by atoms with E-state index >= 15 is 0 Å². The van der Waals surface area contributed by atoms with Gasteiger partial charge in [-0.3, -0.25) is 4.98 Å². The Labute approximate surface area is 104 Å². The van der Waals surface area contributed by atoms with Crippen LogP contribution in [0.25, 0.3) is 12.2 Å². The van der Waals surface area contributed by atoms with Crippen LogP contribution in [0.3, 0.4) is 0 Å². The lowest BCUT2D eigenvalue weighted by Crippen LogP contribution is -1.76. The highest BCUT2D eigenvalue weighted by Crippen LogP contribution is 2.22. The molecule has 0 atom stereocenters. The van der Waals surface area contributed by atoms with Crippen molar-refractivity contribution >= 4 is 35.4 Å². The van der Waals surface area contributed by atoms with Gasteiger partial charge in [0.1, 0.15) is 0 Å². The largest absolute Gasteiger partial charge is 0.264 e. The van der Waals surface area contributed by atoms with Crippen LogP contribution < -0.4 is 0 Å². The van der Waals surface area contributed by atoms with Crippen LogP contribution in [-0.4, -0.2) is 4.98 Å². The average Bonchev–Trinajstić information content (AvgIpc) is 2.29. The average molecular weight is 250 g/mol. The first-order valence-corrected chi connectivity index (χ1v) is 5.54. The van der Waals surface area contributed by atoms with Crippen molar-refractivity contribution in [2.45, 2.75) is 0 Å². The summed E-state index contributed by atoms with van der Waals surface area (Å²) < 4.78 is 0. The van der Waals surface area contributed by atoms with Crippen LogP contribution in [0.5, 0.6) is 0 Å². The lowest BCUT2D eigenvalue weighted by atomic mass is 10.2. The first-order chi connectivity index (χ1) is 7.75. The second kappa shape index (κ2) is 5.15. The quantitative estimate of drug-likeness (QED) is 0.761. The molecule has 2 aromatic rings. The predicted octanol–water partition coefficient (Wildman–Crippen LogP) is 4.56. The van der Waals surface area contributed by atoms with Gasteiger partial charge in [0.15, 0.2) is 0 Å². The molecule has 0 saturated heterocycles. The minimum atomic E-state index is 0.642. The SMILES string of the molecule is Clc1ccc(C=Cc2cccnc2)c(Cl)c1. The molecule has 0 amide bonds. The van der Waals surface area contributed by atoms with Gasteiger partial charge in [0.25, 0.3) is 0 Å². The molecule has 0 aliphatic carbocycles. The summed E-state index contributed by atoms with van der Waals surface area (Å²) in [5, 5.41) is 1.29. The molecule has 1 heterocycles. The maximum Gasteiger partial charge on any atom is 0.0493 e. The molecular weight excluding hydrogens is 241 g/mol. The maximum atomic E-state index is 6.04. The Kier molecular flexibility index (Phi) is 3.60. The Morgan fingerprint density at radius 2 is 1.94 bits per heavy atom. The molecule has 2 rings (SSSR count). The molecule has 1 aromatic heterocycles. The Morgan fingerprint density at radius 3 is 2.62 bits per heavy atom. The summed E-state index contributed by atoms with van der Waals surface area (Å²) in [6, 6.07) is 9.30. The molecule has 0 fully saturated rings. The van der Waals surface area contributed by atoms with Gasteiger partial charge in [0.2, 0.25) is 0 Å². The zero-order valence-corrected chi connectivity index (χ0v) is 9.91. The van der Waals surface area contributed by atoms with E-state index in [0.29, 0.717) is 10.0 Å². The lowest BCUT2D eigenvalue weighted by Gasteiger charge is -1.98. The first kappa shape index (κ1) is 11.2. The van der Waals surface area contributed by atoms with E-state index in [2.05, 4.69) is 4.98 Å². The van der Waals surface area contributed by atoms with Crippen LogP contribution in [0.1, 0.15) is 11.1 Å². The number of benzene rings is 1. The van der Waals surface area contributed by atoms with Crippen molar-refractivity contribution in [2.75, 3.05) is 0 Å². The topological polar surface area (TPSA) is 12.9 Å². The third-order valence-electron chi connectivity index (χ3n) is 2.10. The molecule has 3 heteroatoms. The highest BCUT2D eigenvalue weighted by atomic mass is 35.5. The minimum absolute atomic E-state index is 0.642. The summed E-state index contributed by atoms with van der Waals surface area (Å²) >= 11 is 11.9. The van der Waals surface area contributed by atoms with Crippen LogP contribution >= 0.6 is 23.2 Å². The van der Waals surface area contributed by atoms with Gasteiger partial charge in [-0.05, 0) is 29.3 Å². The summed E-state index contributed by atoms with van der Waals surface area (Å²) in [6.45, 7) is 0. The summed E-state index contributed by atoms with van der Waals surface area (Å²) in [5.41, 5.74) is 1.98. The first-order valence-electron chi connectivity index (χ1n) is 4.79. The second-order valence-corrected chi connectivity index (χ2v) is 4.13. The summed E-state index contributed by atoms with van der Waals surface area (Å²) in [4.78, 5) is 4.03. The van der Waals surface area contributed by atoms with Crippen molar-refractivity contribution in [3.8, 4) is 0 Å². The van der Waals surface area contributed by atoms with Gasteiger partial charge in [-0.25, -0.2) is 0 Å². The molecule has 0 bridgehead atoms. The number of rotatable bonds is 2. The normalized spacial score (nSPS) is 10.9. The fourth-order valence-electron chi connectivity index (χ4n) is 1.30. The Balaban J connectivity index is 2.24. The summed E-state index contributed by atoms with van der Waals surface area (Å²) in [5.74, 6) is 0. The number of halogens is 2. The third-order valence-corrected chi connectivity index (χ3v) is 2.66. The van der Waals surface area contributed by atoms with Crippen molar-refractivity contribution in [3.63, 3.8) is 0 Å². The molecule has 1 aromatic carbocycles. The smallest absolute Gasteiger partial charge is 0.0493 e. The van der Waals surface area contributed by atoms with E-state index in [1.54, 1.807) is 18.5 Å². The zero-order valence-electron chi connectivity index (χ0n) is 8.40. The van der Waals surface area contributed by atoms with Crippen LogP contribution in [-0.2, 0) is 0 Å². The van der Waals surface area contributed by atoms with Crippen molar-refractivity contribution in [3.05, 3.63) is 63.9 Å². The van der Waals surface area contributed by atoms with Crippen molar-refractivity contribution in [1.82, 2.24) is 4.98 Å². The molecule has 16 heavy (non-hydrogen) atoms. The molecule has 0 N–H and O–H groups in total. The Hall–Kier alpha value is -1.31. The molecular formula is C13H9Cl2N. The van der Waals surface area contributed by atoms with Crippen LogP contribution in [0.2, 0.25) is 10.0 Å². The molecule has 0 saturated carbocycles. The number of hydrogen-bond acceptors (Lipinski definition) is 1. The molecule has 0 aliphatic rings. The van der Waals surface area contributed by atoms with Gasteiger partial charge >= 0.3 is 0 Å². The van der Waals surface area contributed by atoms with E-state index in [9.17, 15) is 0 Å².